The van der Waals surface area contributed by atoms with Crippen LogP contribution in [0.15, 0.2) is 30.3 Å². The van der Waals surface area contributed by atoms with Crippen molar-refractivity contribution in [3.8, 4) is 0 Å². The summed E-state index contributed by atoms with van der Waals surface area (Å²) in [7, 11) is 4.34. The quantitative estimate of drug-likeness (QED) is 0.504. The summed E-state index contributed by atoms with van der Waals surface area (Å²) in [4.78, 5) is 30.3. The fraction of sp³-hybridized carbons (Fsp3) is 0.652. The van der Waals surface area contributed by atoms with Crippen molar-refractivity contribution in [3.63, 3.8) is 0 Å². The fourth-order valence-corrected chi connectivity index (χ4v) is 5.27. The van der Waals surface area contributed by atoms with Gasteiger partial charge >= 0.3 is 6.03 Å². The molecule has 1 aliphatic heterocycles. The van der Waals surface area contributed by atoms with E-state index in [1.54, 1.807) is 4.90 Å². The average molecular weight is 386 g/mol. The minimum absolute atomic E-state index is 0.0166. The number of benzene rings is 1. The number of amides is 2. The topological polar surface area (TPSA) is 43.9 Å². The van der Waals surface area contributed by atoms with Gasteiger partial charge in [-0.15, -0.1) is 0 Å². The number of aldehydes is 1. The van der Waals surface area contributed by atoms with Crippen molar-refractivity contribution in [1.82, 2.24) is 14.7 Å². The van der Waals surface area contributed by atoms with E-state index in [9.17, 15) is 9.59 Å². The van der Waals surface area contributed by atoms with Gasteiger partial charge in [0.15, 0.2) is 0 Å². The van der Waals surface area contributed by atoms with Gasteiger partial charge in [0.25, 0.3) is 0 Å². The van der Waals surface area contributed by atoms with Crippen LogP contribution in [0.25, 0.3) is 0 Å². The molecule has 28 heavy (non-hydrogen) atoms. The number of rotatable bonds is 8. The van der Waals surface area contributed by atoms with Gasteiger partial charge < -0.3 is 14.6 Å². The zero-order chi connectivity index (χ0) is 20.2. The lowest BCUT2D eigenvalue weighted by molar-refractivity contribution is -0.108. The molecule has 154 valence electrons. The molecule has 3 rings (SSSR count). The first-order valence-electron chi connectivity index (χ1n) is 10.7. The molecule has 0 aromatic heterocycles. The van der Waals surface area contributed by atoms with E-state index >= 15 is 0 Å². The van der Waals surface area contributed by atoms with E-state index in [0.29, 0.717) is 6.54 Å². The van der Waals surface area contributed by atoms with Crippen LogP contribution in [0.1, 0.15) is 57.4 Å². The molecule has 2 fully saturated rings. The SMILES string of the molecule is CCCCCN1C(=O)N(CC=O)CC12CCC(c1ccccc1)(N(C)C)CC2. The van der Waals surface area contributed by atoms with Gasteiger partial charge in [0, 0.05) is 18.6 Å². The van der Waals surface area contributed by atoms with Gasteiger partial charge in [0.2, 0.25) is 0 Å². The van der Waals surface area contributed by atoms with Gasteiger partial charge in [-0.2, -0.15) is 0 Å². The number of hydrogen-bond acceptors (Lipinski definition) is 3. The third-order valence-electron chi connectivity index (χ3n) is 7.01. The minimum atomic E-state index is -0.123. The summed E-state index contributed by atoms with van der Waals surface area (Å²) in [6.45, 7) is 3.89. The van der Waals surface area contributed by atoms with Gasteiger partial charge in [-0.05, 0) is 51.8 Å². The van der Waals surface area contributed by atoms with Crippen molar-refractivity contribution < 1.29 is 9.59 Å². The molecule has 1 saturated heterocycles. The Bertz CT molecular complexity index is 666. The zero-order valence-electron chi connectivity index (χ0n) is 17.7. The Kier molecular flexibility index (Phi) is 6.43. The third kappa shape index (κ3) is 3.69. The summed E-state index contributed by atoms with van der Waals surface area (Å²) in [6.07, 6.45) is 8.19. The van der Waals surface area contributed by atoms with Crippen molar-refractivity contribution in [2.45, 2.75) is 62.9 Å². The molecule has 2 amide bonds. The van der Waals surface area contributed by atoms with E-state index in [2.05, 4.69) is 61.2 Å². The van der Waals surface area contributed by atoms with E-state index < -0.39 is 0 Å². The lowest BCUT2D eigenvalue weighted by Crippen LogP contribution is -2.55. The number of unbranched alkanes of at least 4 members (excludes halogenated alkanes) is 2. The molecule has 2 aliphatic rings. The highest BCUT2D eigenvalue weighted by Gasteiger charge is 2.54. The first-order valence-corrected chi connectivity index (χ1v) is 10.7. The van der Waals surface area contributed by atoms with Crippen LogP contribution >= 0.6 is 0 Å². The lowest BCUT2D eigenvalue weighted by atomic mass is 9.68. The summed E-state index contributed by atoms with van der Waals surface area (Å²) in [6, 6.07) is 10.8. The molecular weight excluding hydrogens is 350 g/mol. The van der Waals surface area contributed by atoms with Crippen molar-refractivity contribution in [1.29, 1.82) is 0 Å². The Morgan fingerprint density at radius 1 is 1.07 bits per heavy atom. The average Bonchev–Trinajstić information content (AvgIpc) is 2.95. The largest absolute Gasteiger partial charge is 0.321 e. The second-order valence-electron chi connectivity index (χ2n) is 8.70. The van der Waals surface area contributed by atoms with Gasteiger partial charge in [0.1, 0.15) is 6.29 Å². The molecule has 1 aliphatic carbocycles. The molecule has 1 aromatic carbocycles. The number of hydrogen-bond donors (Lipinski definition) is 0. The predicted molar refractivity (Wildman–Crippen MR) is 112 cm³/mol. The number of carbonyl (C=O) groups excluding carboxylic acids is 2. The molecule has 5 nitrogen and oxygen atoms in total. The molecule has 1 aromatic rings. The first-order chi connectivity index (χ1) is 13.5. The lowest BCUT2D eigenvalue weighted by Gasteiger charge is -2.51. The van der Waals surface area contributed by atoms with Crippen LogP contribution in [0.5, 0.6) is 0 Å². The van der Waals surface area contributed by atoms with Gasteiger partial charge in [-0.25, -0.2) is 4.79 Å². The summed E-state index contributed by atoms with van der Waals surface area (Å²) >= 11 is 0. The predicted octanol–water partition coefficient (Wildman–Crippen LogP) is 3.88. The standard InChI is InChI=1S/C23H35N3O2/c1-4-5-9-16-26-21(28)25(17-18-27)19-22(26)12-14-23(15-13-22,24(2)3)20-10-7-6-8-11-20/h6-8,10-11,18H,4-5,9,12-17,19H2,1-3H3. The highest BCUT2D eigenvalue weighted by atomic mass is 16.2. The van der Waals surface area contributed by atoms with Crippen molar-refractivity contribution >= 4 is 12.3 Å². The van der Waals surface area contributed by atoms with Crippen molar-refractivity contribution in [2.75, 3.05) is 33.7 Å². The molecule has 1 saturated carbocycles. The normalized spacial score (nSPS) is 27.8. The second-order valence-corrected chi connectivity index (χ2v) is 8.70. The summed E-state index contributed by atoms with van der Waals surface area (Å²) in [5.41, 5.74) is 1.26. The third-order valence-corrected chi connectivity index (χ3v) is 7.01. The Hall–Kier alpha value is -1.88. The number of urea groups is 1. The van der Waals surface area contributed by atoms with E-state index in [0.717, 1.165) is 57.8 Å². The van der Waals surface area contributed by atoms with Gasteiger partial charge in [0.05, 0.1) is 12.1 Å². The van der Waals surface area contributed by atoms with E-state index in [-0.39, 0.29) is 23.7 Å². The van der Waals surface area contributed by atoms with Gasteiger partial charge in [-0.3, -0.25) is 4.90 Å². The molecular formula is C23H35N3O2. The van der Waals surface area contributed by atoms with Crippen LogP contribution in [-0.4, -0.2) is 66.3 Å². The maximum atomic E-state index is 13.0. The maximum Gasteiger partial charge on any atom is 0.321 e. The molecule has 0 bridgehead atoms. The minimum Gasteiger partial charge on any atom is -0.317 e. The monoisotopic (exact) mass is 385 g/mol. The van der Waals surface area contributed by atoms with Gasteiger partial charge in [-0.1, -0.05) is 50.1 Å². The molecule has 0 N–H and O–H groups in total. The Morgan fingerprint density at radius 2 is 1.75 bits per heavy atom. The van der Waals surface area contributed by atoms with Crippen LogP contribution in [-0.2, 0) is 10.3 Å². The molecule has 5 heteroatoms. The Morgan fingerprint density at radius 3 is 2.32 bits per heavy atom. The highest BCUT2D eigenvalue weighted by molar-refractivity contribution is 5.80. The van der Waals surface area contributed by atoms with Crippen molar-refractivity contribution in [3.05, 3.63) is 35.9 Å². The second kappa shape index (κ2) is 8.64. The van der Waals surface area contributed by atoms with Crippen LogP contribution in [0.4, 0.5) is 4.79 Å². The maximum absolute atomic E-state index is 13.0. The Balaban J connectivity index is 1.83. The van der Waals surface area contributed by atoms with Crippen LogP contribution in [0, 0.1) is 0 Å². The summed E-state index contributed by atoms with van der Waals surface area (Å²) in [5.74, 6) is 0. The van der Waals surface area contributed by atoms with E-state index in [1.807, 2.05) is 0 Å². The molecule has 0 atom stereocenters. The van der Waals surface area contributed by atoms with Crippen molar-refractivity contribution in [2.24, 2.45) is 0 Å². The van der Waals surface area contributed by atoms with E-state index in [4.69, 9.17) is 0 Å². The van der Waals surface area contributed by atoms with Crippen LogP contribution in [0.3, 0.4) is 0 Å². The molecule has 0 unspecified atom stereocenters. The Labute approximate surface area is 169 Å². The molecule has 0 radical (unpaired) electrons. The number of nitrogens with zero attached hydrogens (tertiary/aromatic N) is 3. The summed E-state index contributed by atoms with van der Waals surface area (Å²) < 4.78 is 0. The molecule has 1 heterocycles. The van der Waals surface area contributed by atoms with E-state index in [1.165, 1.54) is 5.56 Å². The van der Waals surface area contributed by atoms with Crippen LogP contribution < -0.4 is 0 Å². The highest BCUT2D eigenvalue weighted by Crippen LogP contribution is 2.48. The fourth-order valence-electron chi connectivity index (χ4n) is 5.27. The zero-order valence-corrected chi connectivity index (χ0v) is 17.7. The summed E-state index contributed by atoms with van der Waals surface area (Å²) in [5, 5.41) is 0. The number of carbonyl (C=O) groups is 2. The molecule has 1 spiro atoms. The van der Waals surface area contributed by atoms with Crippen LogP contribution in [0.2, 0.25) is 0 Å². The first kappa shape index (κ1) is 20.8. The smallest absolute Gasteiger partial charge is 0.317 e.